The van der Waals surface area contributed by atoms with Crippen LogP contribution in [0, 0.1) is 0 Å². The lowest BCUT2D eigenvalue weighted by molar-refractivity contribution is 0.415. The second-order valence-electron chi connectivity index (χ2n) is 3.67. The van der Waals surface area contributed by atoms with Crippen molar-refractivity contribution in [1.29, 1.82) is 0 Å². The van der Waals surface area contributed by atoms with Gasteiger partial charge in [0, 0.05) is 18.5 Å². The number of imidazole rings is 1. The third-order valence-electron chi connectivity index (χ3n) is 2.70. The predicted molar refractivity (Wildman–Crippen MR) is 65.4 cm³/mol. The average molecular weight is 225 g/mol. The molecule has 4 nitrogen and oxygen atoms in total. The Kier molecular flexibility index (Phi) is 2.26. The minimum absolute atomic E-state index is 0.817. The van der Waals surface area contributed by atoms with Gasteiger partial charge in [0.1, 0.15) is 12.1 Å². The van der Waals surface area contributed by atoms with Gasteiger partial charge >= 0.3 is 0 Å². The fraction of sp³-hybridized carbons (Fsp3) is 0.0769. The first kappa shape index (κ1) is 9.84. The monoisotopic (exact) mass is 225 g/mol. The van der Waals surface area contributed by atoms with Crippen LogP contribution >= 0.6 is 0 Å². The van der Waals surface area contributed by atoms with Crippen LogP contribution < -0.4 is 4.74 Å². The predicted octanol–water partition coefficient (Wildman–Crippen LogP) is 2.43. The average Bonchev–Trinajstić information content (AvgIpc) is 2.82. The summed E-state index contributed by atoms with van der Waals surface area (Å²) in [6.07, 6.45) is 5.34. The van der Waals surface area contributed by atoms with E-state index in [1.165, 1.54) is 0 Å². The number of hydrogen-bond acceptors (Lipinski definition) is 3. The van der Waals surface area contributed by atoms with Crippen LogP contribution in [0.4, 0.5) is 0 Å². The van der Waals surface area contributed by atoms with Crippen molar-refractivity contribution < 1.29 is 4.74 Å². The standard InChI is InChI=1S/C13H11N3O/c1-17-11-2-3-13-12(8-11)15-9-16(13)10-4-6-14-7-5-10/h2-9H,1H3. The summed E-state index contributed by atoms with van der Waals surface area (Å²) >= 11 is 0. The maximum atomic E-state index is 5.18. The molecule has 0 aliphatic heterocycles. The van der Waals surface area contributed by atoms with Gasteiger partial charge in [-0.1, -0.05) is 0 Å². The van der Waals surface area contributed by atoms with Crippen LogP contribution in [-0.2, 0) is 0 Å². The molecule has 0 N–H and O–H groups in total. The maximum Gasteiger partial charge on any atom is 0.121 e. The Balaban J connectivity index is 2.19. The highest BCUT2D eigenvalue weighted by molar-refractivity contribution is 5.78. The number of hydrogen-bond donors (Lipinski definition) is 0. The minimum Gasteiger partial charge on any atom is -0.497 e. The van der Waals surface area contributed by atoms with Crippen molar-refractivity contribution >= 4 is 11.0 Å². The Morgan fingerprint density at radius 2 is 1.94 bits per heavy atom. The fourth-order valence-electron chi connectivity index (χ4n) is 1.83. The van der Waals surface area contributed by atoms with Crippen LogP contribution in [0.25, 0.3) is 16.7 Å². The number of fused-ring (bicyclic) bond motifs is 1. The molecule has 0 amide bonds. The molecule has 4 heteroatoms. The van der Waals surface area contributed by atoms with E-state index in [0.29, 0.717) is 0 Å². The van der Waals surface area contributed by atoms with Gasteiger partial charge in [0.05, 0.1) is 23.8 Å². The largest absolute Gasteiger partial charge is 0.497 e. The van der Waals surface area contributed by atoms with E-state index in [0.717, 1.165) is 22.5 Å². The highest BCUT2D eigenvalue weighted by Crippen LogP contribution is 2.22. The summed E-state index contributed by atoms with van der Waals surface area (Å²) in [7, 11) is 1.65. The zero-order valence-electron chi connectivity index (χ0n) is 9.37. The highest BCUT2D eigenvalue weighted by Gasteiger charge is 2.05. The maximum absolute atomic E-state index is 5.18. The molecular weight excluding hydrogens is 214 g/mol. The number of benzene rings is 1. The van der Waals surface area contributed by atoms with Gasteiger partial charge < -0.3 is 4.74 Å². The van der Waals surface area contributed by atoms with Crippen molar-refractivity contribution in [3.8, 4) is 11.4 Å². The Hall–Kier alpha value is -2.36. The number of rotatable bonds is 2. The summed E-state index contributed by atoms with van der Waals surface area (Å²) < 4.78 is 7.20. The number of pyridine rings is 1. The first-order valence-corrected chi connectivity index (χ1v) is 5.30. The quantitative estimate of drug-likeness (QED) is 0.672. The molecule has 0 radical (unpaired) electrons. The molecule has 2 aromatic heterocycles. The lowest BCUT2D eigenvalue weighted by Gasteiger charge is -2.04. The Morgan fingerprint density at radius 1 is 1.12 bits per heavy atom. The van der Waals surface area contributed by atoms with Crippen molar-refractivity contribution in [1.82, 2.24) is 14.5 Å². The molecule has 0 unspecified atom stereocenters. The van der Waals surface area contributed by atoms with E-state index in [1.807, 2.05) is 34.9 Å². The number of methoxy groups -OCH3 is 1. The van der Waals surface area contributed by atoms with Crippen molar-refractivity contribution in [3.05, 3.63) is 49.1 Å². The van der Waals surface area contributed by atoms with E-state index in [1.54, 1.807) is 25.8 Å². The third-order valence-corrected chi connectivity index (χ3v) is 2.70. The highest BCUT2D eigenvalue weighted by atomic mass is 16.5. The van der Waals surface area contributed by atoms with Crippen LogP contribution in [0.2, 0.25) is 0 Å². The van der Waals surface area contributed by atoms with Gasteiger partial charge in [-0.2, -0.15) is 0 Å². The van der Waals surface area contributed by atoms with Gasteiger partial charge in [-0.3, -0.25) is 9.55 Å². The van der Waals surface area contributed by atoms with Crippen molar-refractivity contribution in [3.63, 3.8) is 0 Å². The molecule has 0 bridgehead atoms. The summed E-state index contributed by atoms with van der Waals surface area (Å²) in [6.45, 7) is 0. The Bertz CT molecular complexity index is 646. The van der Waals surface area contributed by atoms with Gasteiger partial charge in [-0.25, -0.2) is 4.98 Å². The van der Waals surface area contributed by atoms with Crippen molar-refractivity contribution in [2.45, 2.75) is 0 Å². The van der Waals surface area contributed by atoms with E-state index < -0.39 is 0 Å². The molecule has 0 fully saturated rings. The van der Waals surface area contributed by atoms with Gasteiger partial charge in [0.15, 0.2) is 0 Å². The van der Waals surface area contributed by atoms with Gasteiger partial charge in [-0.05, 0) is 24.3 Å². The zero-order chi connectivity index (χ0) is 11.7. The molecule has 1 aromatic carbocycles. The summed E-state index contributed by atoms with van der Waals surface area (Å²) in [6, 6.07) is 9.76. The third kappa shape index (κ3) is 1.63. The first-order chi connectivity index (χ1) is 8.38. The molecule has 0 aliphatic rings. The SMILES string of the molecule is COc1ccc2c(c1)ncn2-c1ccncc1. The zero-order valence-corrected chi connectivity index (χ0v) is 9.37. The van der Waals surface area contributed by atoms with Crippen LogP contribution in [0.3, 0.4) is 0 Å². The summed E-state index contributed by atoms with van der Waals surface area (Å²) in [5.74, 6) is 0.817. The fourth-order valence-corrected chi connectivity index (χ4v) is 1.83. The van der Waals surface area contributed by atoms with Crippen molar-refractivity contribution in [2.24, 2.45) is 0 Å². The lowest BCUT2D eigenvalue weighted by atomic mass is 10.3. The van der Waals surface area contributed by atoms with Crippen LogP contribution in [0.1, 0.15) is 0 Å². The second-order valence-corrected chi connectivity index (χ2v) is 3.67. The molecule has 3 rings (SSSR count). The van der Waals surface area contributed by atoms with E-state index in [9.17, 15) is 0 Å². The second kappa shape index (κ2) is 3.90. The van der Waals surface area contributed by atoms with Crippen LogP contribution in [0.15, 0.2) is 49.1 Å². The molecule has 0 saturated carbocycles. The topological polar surface area (TPSA) is 39.9 Å². The van der Waals surface area contributed by atoms with E-state index >= 15 is 0 Å². The van der Waals surface area contributed by atoms with E-state index in [-0.39, 0.29) is 0 Å². The van der Waals surface area contributed by atoms with E-state index in [2.05, 4.69) is 9.97 Å². The summed E-state index contributed by atoms with van der Waals surface area (Å²) in [5.41, 5.74) is 3.02. The molecule has 17 heavy (non-hydrogen) atoms. The van der Waals surface area contributed by atoms with Gasteiger partial charge in [-0.15, -0.1) is 0 Å². The summed E-state index contributed by atoms with van der Waals surface area (Å²) in [5, 5.41) is 0. The van der Waals surface area contributed by atoms with E-state index in [4.69, 9.17) is 4.74 Å². The lowest BCUT2D eigenvalue weighted by Crippen LogP contribution is -1.91. The molecule has 0 atom stereocenters. The minimum atomic E-state index is 0.817. The van der Waals surface area contributed by atoms with Gasteiger partial charge in [0.25, 0.3) is 0 Å². The summed E-state index contributed by atoms with van der Waals surface area (Å²) in [4.78, 5) is 8.38. The van der Waals surface area contributed by atoms with Crippen molar-refractivity contribution in [2.75, 3.05) is 7.11 Å². The van der Waals surface area contributed by atoms with Gasteiger partial charge in [0.2, 0.25) is 0 Å². The Labute approximate surface area is 98.5 Å². The number of aromatic nitrogens is 3. The van der Waals surface area contributed by atoms with Crippen LogP contribution in [-0.4, -0.2) is 21.6 Å². The normalized spacial score (nSPS) is 10.6. The number of ether oxygens (including phenoxy) is 1. The molecule has 0 spiro atoms. The molecule has 0 saturated heterocycles. The Morgan fingerprint density at radius 3 is 2.71 bits per heavy atom. The molecule has 0 aliphatic carbocycles. The molecule has 84 valence electrons. The molecular formula is C13H11N3O. The smallest absolute Gasteiger partial charge is 0.121 e. The number of nitrogens with zero attached hydrogens (tertiary/aromatic N) is 3. The van der Waals surface area contributed by atoms with Crippen LogP contribution in [0.5, 0.6) is 5.75 Å². The first-order valence-electron chi connectivity index (χ1n) is 5.30. The molecule has 3 aromatic rings. The molecule has 2 heterocycles.